The van der Waals surface area contributed by atoms with E-state index in [0.29, 0.717) is 17.1 Å². The molecule has 0 fully saturated rings. The van der Waals surface area contributed by atoms with Crippen LogP contribution in [0.2, 0.25) is 0 Å². The van der Waals surface area contributed by atoms with E-state index in [2.05, 4.69) is 10.6 Å². The third-order valence-corrected chi connectivity index (χ3v) is 4.49. The average molecular weight is 440 g/mol. The molecule has 2 aromatic carbocycles. The first-order chi connectivity index (χ1) is 15.3. The highest BCUT2D eigenvalue weighted by atomic mass is 16.7. The minimum absolute atomic E-state index is 0.0600. The van der Waals surface area contributed by atoms with Gasteiger partial charge in [0.05, 0.1) is 0 Å². The lowest BCUT2D eigenvalue weighted by atomic mass is 10.1. The molecular formula is C22H20N2O8. The van der Waals surface area contributed by atoms with E-state index in [9.17, 15) is 24.3 Å². The summed E-state index contributed by atoms with van der Waals surface area (Å²) < 4.78 is 10.6. The molecule has 166 valence electrons. The van der Waals surface area contributed by atoms with E-state index in [1.165, 1.54) is 6.08 Å². The predicted molar refractivity (Wildman–Crippen MR) is 111 cm³/mol. The molecule has 1 unspecified atom stereocenters. The van der Waals surface area contributed by atoms with Crippen molar-refractivity contribution in [1.82, 2.24) is 10.6 Å². The molecule has 0 aromatic heterocycles. The molecule has 1 atom stereocenters. The summed E-state index contributed by atoms with van der Waals surface area (Å²) in [6.07, 6.45) is 0.587. The van der Waals surface area contributed by atoms with Crippen LogP contribution in [0.1, 0.15) is 28.8 Å². The highest BCUT2D eigenvalue weighted by Crippen LogP contribution is 2.33. The van der Waals surface area contributed by atoms with Crippen molar-refractivity contribution in [3.63, 3.8) is 0 Å². The van der Waals surface area contributed by atoms with Crippen molar-refractivity contribution in [3.8, 4) is 11.5 Å². The smallest absolute Gasteiger partial charge is 0.326 e. The van der Waals surface area contributed by atoms with Crippen LogP contribution in [0.3, 0.4) is 0 Å². The lowest BCUT2D eigenvalue weighted by Gasteiger charge is -2.16. The number of carboxylic acid groups (broad SMARTS) is 2. The quantitative estimate of drug-likeness (QED) is 0.430. The van der Waals surface area contributed by atoms with Gasteiger partial charge >= 0.3 is 11.9 Å². The molecule has 0 radical (unpaired) electrons. The van der Waals surface area contributed by atoms with Gasteiger partial charge in [-0.2, -0.15) is 0 Å². The molecule has 3 rings (SSSR count). The number of carbonyl (C=O) groups is 4. The van der Waals surface area contributed by atoms with Gasteiger partial charge in [0.1, 0.15) is 11.7 Å². The Bertz CT molecular complexity index is 1060. The highest BCUT2D eigenvalue weighted by Gasteiger charge is 2.24. The molecule has 4 N–H and O–H groups in total. The molecule has 1 aliphatic rings. The molecule has 0 saturated heterocycles. The Morgan fingerprint density at radius 1 is 1.00 bits per heavy atom. The number of hydrogen-bond donors (Lipinski definition) is 4. The van der Waals surface area contributed by atoms with Crippen LogP contribution in [0.5, 0.6) is 11.5 Å². The van der Waals surface area contributed by atoms with Gasteiger partial charge in [-0.3, -0.25) is 14.4 Å². The molecule has 32 heavy (non-hydrogen) atoms. The number of fused-ring (bicyclic) bond motifs is 1. The lowest BCUT2D eigenvalue weighted by Crippen LogP contribution is -2.44. The molecule has 10 nitrogen and oxygen atoms in total. The maximum absolute atomic E-state index is 12.8. The molecule has 2 amide bonds. The minimum atomic E-state index is -1.45. The number of hydrogen-bond acceptors (Lipinski definition) is 6. The Labute approximate surface area is 182 Å². The third-order valence-electron chi connectivity index (χ3n) is 4.49. The van der Waals surface area contributed by atoms with E-state index >= 15 is 0 Å². The summed E-state index contributed by atoms with van der Waals surface area (Å²) in [4.78, 5) is 47.7. The second-order valence-corrected chi connectivity index (χ2v) is 6.79. The first-order valence-corrected chi connectivity index (χ1v) is 9.56. The zero-order valence-corrected chi connectivity index (χ0v) is 16.7. The predicted octanol–water partition coefficient (Wildman–Crippen LogP) is 1.62. The number of nitrogens with one attached hydrogen (secondary N) is 2. The number of benzene rings is 2. The van der Waals surface area contributed by atoms with Crippen molar-refractivity contribution >= 4 is 29.8 Å². The maximum atomic E-state index is 12.8. The van der Waals surface area contributed by atoms with Crippen LogP contribution in [0.4, 0.5) is 0 Å². The van der Waals surface area contributed by atoms with Crippen molar-refractivity contribution < 1.29 is 38.9 Å². The minimum Gasteiger partial charge on any atom is -0.481 e. The lowest BCUT2D eigenvalue weighted by molar-refractivity contribution is -0.142. The van der Waals surface area contributed by atoms with Crippen molar-refractivity contribution in [2.45, 2.75) is 18.9 Å². The summed E-state index contributed by atoms with van der Waals surface area (Å²) in [5.74, 6) is -3.07. The summed E-state index contributed by atoms with van der Waals surface area (Å²) in [6.45, 7) is 0.0600. The van der Waals surface area contributed by atoms with E-state index in [0.717, 1.165) is 0 Å². The van der Waals surface area contributed by atoms with Gasteiger partial charge in [-0.1, -0.05) is 24.3 Å². The second-order valence-electron chi connectivity index (χ2n) is 6.79. The maximum Gasteiger partial charge on any atom is 0.326 e. The van der Waals surface area contributed by atoms with Gasteiger partial charge < -0.3 is 30.3 Å². The Balaban J connectivity index is 1.86. The van der Waals surface area contributed by atoms with Gasteiger partial charge in [0, 0.05) is 12.0 Å². The van der Waals surface area contributed by atoms with Crippen molar-refractivity contribution in [1.29, 1.82) is 0 Å². The highest BCUT2D eigenvalue weighted by molar-refractivity contribution is 6.06. The van der Waals surface area contributed by atoms with Crippen LogP contribution in [0, 0.1) is 0 Å². The van der Waals surface area contributed by atoms with Gasteiger partial charge in [-0.15, -0.1) is 0 Å². The van der Waals surface area contributed by atoms with Crippen molar-refractivity contribution in [3.05, 3.63) is 65.4 Å². The van der Waals surface area contributed by atoms with Gasteiger partial charge in [0.2, 0.25) is 6.79 Å². The van der Waals surface area contributed by atoms with Crippen LogP contribution in [-0.2, 0) is 14.4 Å². The molecular weight excluding hydrogens is 420 g/mol. The molecule has 2 aromatic rings. The van der Waals surface area contributed by atoms with Gasteiger partial charge in [-0.05, 0) is 42.3 Å². The average Bonchev–Trinajstić information content (AvgIpc) is 3.24. The van der Waals surface area contributed by atoms with E-state index in [1.54, 1.807) is 48.5 Å². The van der Waals surface area contributed by atoms with Crippen LogP contribution in [0.25, 0.3) is 6.08 Å². The van der Waals surface area contributed by atoms with Gasteiger partial charge in [0.25, 0.3) is 11.8 Å². The number of ether oxygens (including phenoxy) is 2. The SMILES string of the molecule is O=C(O)CCC(NC(=O)/C(=C/c1ccc2c(c1)OCO2)NC(=O)c1ccccc1)C(=O)O. The molecule has 10 heteroatoms. The molecule has 0 bridgehead atoms. The molecule has 0 saturated carbocycles. The van der Waals surface area contributed by atoms with E-state index in [1.807, 2.05) is 0 Å². The first kappa shape index (κ1) is 22.3. The van der Waals surface area contributed by atoms with E-state index in [-0.39, 0.29) is 24.5 Å². The van der Waals surface area contributed by atoms with E-state index in [4.69, 9.17) is 14.6 Å². The fraction of sp³-hybridized carbons (Fsp3) is 0.182. The molecule has 1 heterocycles. The number of carboxylic acids is 2. The normalized spacial score (nSPS) is 13.2. The molecule has 0 spiro atoms. The number of rotatable bonds is 9. The van der Waals surface area contributed by atoms with Crippen molar-refractivity contribution in [2.75, 3.05) is 6.79 Å². The Morgan fingerprint density at radius 2 is 1.72 bits per heavy atom. The van der Waals surface area contributed by atoms with Crippen LogP contribution < -0.4 is 20.1 Å². The van der Waals surface area contributed by atoms with Gasteiger partial charge in [-0.25, -0.2) is 4.79 Å². The fourth-order valence-corrected chi connectivity index (χ4v) is 2.87. The monoisotopic (exact) mass is 440 g/mol. The number of carbonyl (C=O) groups excluding carboxylic acids is 2. The standard InChI is InChI=1S/C22H20N2O8/c25-19(26)9-7-15(22(29)30)23-21(28)16(24-20(27)14-4-2-1-3-5-14)10-13-6-8-17-18(11-13)32-12-31-17/h1-6,8,10-11,15H,7,9,12H2,(H,23,28)(H,24,27)(H,25,26)(H,29,30)/b16-10-. The largest absolute Gasteiger partial charge is 0.481 e. The summed E-state index contributed by atoms with van der Waals surface area (Å²) in [5, 5.41) is 22.9. The Morgan fingerprint density at radius 3 is 2.41 bits per heavy atom. The van der Waals surface area contributed by atoms with Gasteiger partial charge in [0.15, 0.2) is 11.5 Å². The third kappa shape index (κ3) is 5.85. The van der Waals surface area contributed by atoms with Crippen LogP contribution in [-0.4, -0.2) is 46.8 Å². The number of amides is 2. The second kappa shape index (κ2) is 10.1. The summed E-state index contributed by atoms with van der Waals surface area (Å²) in [6, 6.07) is 11.6. The molecule has 1 aliphatic heterocycles. The Hall–Kier alpha value is -4.34. The fourth-order valence-electron chi connectivity index (χ4n) is 2.87. The first-order valence-electron chi connectivity index (χ1n) is 9.56. The summed E-state index contributed by atoms with van der Waals surface area (Å²) in [7, 11) is 0. The zero-order valence-electron chi connectivity index (χ0n) is 16.7. The molecule has 0 aliphatic carbocycles. The van der Waals surface area contributed by atoms with Crippen LogP contribution >= 0.6 is 0 Å². The summed E-state index contributed by atoms with van der Waals surface area (Å²) in [5.41, 5.74) is 0.557. The van der Waals surface area contributed by atoms with Crippen molar-refractivity contribution in [2.24, 2.45) is 0 Å². The topological polar surface area (TPSA) is 151 Å². The van der Waals surface area contributed by atoms with Crippen LogP contribution in [0.15, 0.2) is 54.2 Å². The summed E-state index contributed by atoms with van der Waals surface area (Å²) >= 11 is 0. The van der Waals surface area contributed by atoms with E-state index < -0.39 is 36.2 Å². The Kier molecular flexibility index (Phi) is 7.06. The number of aliphatic carboxylic acids is 2. The zero-order chi connectivity index (χ0) is 23.1.